The van der Waals surface area contributed by atoms with Crippen molar-refractivity contribution in [2.75, 3.05) is 17.1 Å². The number of nitrogens with zero attached hydrogens (tertiary/aromatic N) is 2. The minimum atomic E-state index is -3.57. The van der Waals surface area contributed by atoms with E-state index in [0.29, 0.717) is 11.3 Å². The summed E-state index contributed by atoms with van der Waals surface area (Å²) < 4.78 is 39.8. The first kappa shape index (κ1) is 29.3. The average Bonchev–Trinajstić information content (AvgIpc) is 2.75. The van der Waals surface area contributed by atoms with E-state index in [2.05, 4.69) is 5.32 Å². The van der Waals surface area contributed by atoms with Crippen molar-refractivity contribution in [3.05, 3.63) is 65.0 Å². The van der Waals surface area contributed by atoms with Crippen LogP contribution in [0.4, 0.5) is 10.1 Å². The number of aryl methyl sites for hydroxylation is 2. The normalized spacial score (nSPS) is 12.7. The fourth-order valence-electron chi connectivity index (χ4n) is 3.81. The monoisotopic (exact) mass is 519 g/mol. The summed E-state index contributed by atoms with van der Waals surface area (Å²) in [6.45, 7) is 11.2. The molecule has 2 rings (SSSR count). The average molecular weight is 520 g/mol. The third-order valence-corrected chi connectivity index (χ3v) is 6.90. The molecule has 36 heavy (non-hydrogen) atoms. The van der Waals surface area contributed by atoms with Crippen LogP contribution in [0.25, 0.3) is 0 Å². The van der Waals surface area contributed by atoms with Crippen LogP contribution in [-0.4, -0.2) is 49.5 Å². The summed E-state index contributed by atoms with van der Waals surface area (Å²) in [5, 5.41) is 2.90. The number of benzene rings is 2. The van der Waals surface area contributed by atoms with Gasteiger partial charge in [-0.2, -0.15) is 0 Å². The number of sulfonamides is 1. The lowest BCUT2D eigenvalue weighted by molar-refractivity contribution is -0.141. The first-order valence-corrected chi connectivity index (χ1v) is 13.8. The van der Waals surface area contributed by atoms with E-state index in [4.69, 9.17) is 0 Å². The number of hydrogen-bond acceptors (Lipinski definition) is 4. The van der Waals surface area contributed by atoms with E-state index in [9.17, 15) is 22.4 Å². The number of carbonyl (C=O) groups is 2. The van der Waals surface area contributed by atoms with Gasteiger partial charge in [0.05, 0.1) is 11.9 Å². The number of halogens is 1. The highest BCUT2D eigenvalue weighted by molar-refractivity contribution is 7.92. The highest BCUT2D eigenvalue weighted by Gasteiger charge is 2.28. The molecule has 0 bridgehead atoms. The predicted molar refractivity (Wildman–Crippen MR) is 142 cm³/mol. The van der Waals surface area contributed by atoms with Crippen LogP contribution in [0.2, 0.25) is 0 Å². The third-order valence-electron chi connectivity index (χ3n) is 5.72. The van der Waals surface area contributed by atoms with Gasteiger partial charge in [-0.15, -0.1) is 0 Å². The first-order chi connectivity index (χ1) is 16.6. The molecule has 198 valence electrons. The van der Waals surface area contributed by atoms with Crippen molar-refractivity contribution in [2.24, 2.45) is 0 Å². The lowest BCUT2D eigenvalue weighted by Crippen LogP contribution is -2.52. The van der Waals surface area contributed by atoms with Crippen LogP contribution in [0.5, 0.6) is 0 Å². The van der Waals surface area contributed by atoms with Crippen LogP contribution in [0.1, 0.15) is 57.2 Å². The second-order valence-electron chi connectivity index (χ2n) is 10.3. The van der Waals surface area contributed by atoms with Crippen LogP contribution < -0.4 is 9.62 Å². The standard InChI is InChI=1S/C27H38FN3O4S/c1-19-10-11-20(2)24(17-19)31(36(7,34)35)16-8-9-25(32)30(18-22-12-14-23(28)15-13-22)21(3)26(33)29-27(4,5)6/h10-15,17,21H,8-9,16,18H2,1-7H3,(H,29,33). The number of nitrogens with one attached hydrogen (secondary N) is 1. The Hall–Kier alpha value is -2.94. The van der Waals surface area contributed by atoms with Gasteiger partial charge in [0.25, 0.3) is 0 Å². The van der Waals surface area contributed by atoms with E-state index < -0.39 is 21.6 Å². The van der Waals surface area contributed by atoms with E-state index >= 15 is 0 Å². The Bertz CT molecular complexity index is 1170. The maximum absolute atomic E-state index is 13.4. The summed E-state index contributed by atoms with van der Waals surface area (Å²) in [7, 11) is -3.57. The SMILES string of the molecule is Cc1ccc(C)c(N(CCCC(=O)N(Cc2ccc(F)cc2)C(C)C(=O)NC(C)(C)C)S(C)(=O)=O)c1. The molecule has 0 aliphatic rings. The third kappa shape index (κ3) is 8.62. The molecular weight excluding hydrogens is 481 g/mol. The summed E-state index contributed by atoms with van der Waals surface area (Å²) in [5.74, 6) is -0.973. The Kier molecular flexibility index (Phi) is 9.65. The van der Waals surface area contributed by atoms with E-state index in [1.165, 1.54) is 21.3 Å². The molecule has 0 aliphatic carbocycles. The highest BCUT2D eigenvalue weighted by Crippen LogP contribution is 2.24. The van der Waals surface area contributed by atoms with Crippen molar-refractivity contribution in [2.45, 2.75) is 72.5 Å². The molecule has 2 aromatic rings. The molecule has 1 N–H and O–H groups in total. The molecule has 1 unspecified atom stereocenters. The molecule has 7 nitrogen and oxygen atoms in total. The number of anilines is 1. The fraction of sp³-hybridized carbons (Fsp3) is 0.481. The predicted octanol–water partition coefficient (Wildman–Crippen LogP) is 4.32. The van der Waals surface area contributed by atoms with Gasteiger partial charge in [-0.3, -0.25) is 13.9 Å². The van der Waals surface area contributed by atoms with Gasteiger partial charge >= 0.3 is 0 Å². The maximum Gasteiger partial charge on any atom is 0.242 e. The lowest BCUT2D eigenvalue weighted by atomic mass is 10.1. The molecule has 9 heteroatoms. The Morgan fingerprint density at radius 2 is 1.67 bits per heavy atom. The molecule has 0 heterocycles. The zero-order valence-electron chi connectivity index (χ0n) is 22.3. The molecule has 0 saturated carbocycles. The van der Waals surface area contributed by atoms with Gasteiger partial charge in [-0.25, -0.2) is 12.8 Å². The molecule has 0 saturated heterocycles. The number of rotatable bonds is 10. The van der Waals surface area contributed by atoms with Gasteiger partial charge in [0.2, 0.25) is 21.8 Å². The summed E-state index contributed by atoms with van der Waals surface area (Å²) in [6, 6.07) is 10.6. The second kappa shape index (κ2) is 11.9. The largest absolute Gasteiger partial charge is 0.350 e. The quantitative estimate of drug-likeness (QED) is 0.507. The smallest absolute Gasteiger partial charge is 0.242 e. The first-order valence-electron chi connectivity index (χ1n) is 12.0. The summed E-state index contributed by atoms with van der Waals surface area (Å²) in [5.41, 5.74) is 2.56. The van der Waals surface area contributed by atoms with Crippen LogP contribution in [-0.2, 0) is 26.2 Å². The minimum absolute atomic E-state index is 0.0468. The Morgan fingerprint density at radius 3 is 2.22 bits per heavy atom. The second-order valence-corrected chi connectivity index (χ2v) is 12.2. The van der Waals surface area contributed by atoms with Crippen LogP contribution in [0, 0.1) is 19.7 Å². The highest BCUT2D eigenvalue weighted by atomic mass is 32.2. The van der Waals surface area contributed by atoms with Crippen molar-refractivity contribution in [1.82, 2.24) is 10.2 Å². The number of amides is 2. The van der Waals surface area contributed by atoms with Crippen molar-refractivity contribution in [3.8, 4) is 0 Å². The fourth-order valence-corrected chi connectivity index (χ4v) is 4.83. The summed E-state index contributed by atoms with van der Waals surface area (Å²) in [6.07, 6.45) is 1.47. The van der Waals surface area contributed by atoms with Crippen molar-refractivity contribution >= 4 is 27.5 Å². The molecule has 0 spiro atoms. The van der Waals surface area contributed by atoms with E-state index in [1.807, 2.05) is 52.8 Å². The molecule has 0 aromatic heterocycles. The molecule has 1 atom stereocenters. The Morgan fingerprint density at radius 1 is 1.06 bits per heavy atom. The van der Waals surface area contributed by atoms with Gasteiger partial charge < -0.3 is 10.2 Å². The van der Waals surface area contributed by atoms with Crippen molar-refractivity contribution < 1.29 is 22.4 Å². The van der Waals surface area contributed by atoms with Gasteiger partial charge in [-0.05, 0) is 82.9 Å². The van der Waals surface area contributed by atoms with Crippen LogP contribution >= 0.6 is 0 Å². The van der Waals surface area contributed by atoms with Crippen LogP contribution in [0.3, 0.4) is 0 Å². The van der Waals surface area contributed by atoms with Gasteiger partial charge in [0, 0.05) is 25.0 Å². The van der Waals surface area contributed by atoms with E-state index in [0.717, 1.165) is 17.4 Å². The molecule has 2 amide bonds. The van der Waals surface area contributed by atoms with Crippen LogP contribution in [0.15, 0.2) is 42.5 Å². The lowest BCUT2D eigenvalue weighted by Gasteiger charge is -2.32. The molecule has 0 aliphatic heterocycles. The van der Waals surface area contributed by atoms with E-state index in [1.54, 1.807) is 19.1 Å². The van der Waals surface area contributed by atoms with E-state index in [-0.39, 0.29) is 43.6 Å². The maximum atomic E-state index is 13.4. The number of carbonyl (C=O) groups excluding carboxylic acids is 2. The Balaban J connectivity index is 2.22. The van der Waals surface area contributed by atoms with Crippen molar-refractivity contribution in [1.29, 1.82) is 0 Å². The molecule has 0 fully saturated rings. The van der Waals surface area contributed by atoms with Gasteiger partial charge in [-0.1, -0.05) is 24.3 Å². The minimum Gasteiger partial charge on any atom is -0.350 e. The van der Waals surface area contributed by atoms with Gasteiger partial charge in [0.1, 0.15) is 11.9 Å². The topological polar surface area (TPSA) is 86.8 Å². The zero-order valence-corrected chi connectivity index (χ0v) is 23.1. The summed E-state index contributed by atoms with van der Waals surface area (Å²) in [4.78, 5) is 27.6. The Labute approximate surface area is 214 Å². The molecular formula is C27H38FN3O4S. The zero-order chi connectivity index (χ0) is 27.3. The van der Waals surface area contributed by atoms with Gasteiger partial charge in [0.15, 0.2) is 0 Å². The molecule has 2 aromatic carbocycles. The van der Waals surface area contributed by atoms with Crippen molar-refractivity contribution in [3.63, 3.8) is 0 Å². The molecule has 0 radical (unpaired) electrons. The number of hydrogen-bond donors (Lipinski definition) is 1. The summed E-state index contributed by atoms with van der Waals surface area (Å²) >= 11 is 0.